The zero-order chi connectivity index (χ0) is 26.1. The number of hydrogen-bond donors (Lipinski definition) is 5. The van der Waals surface area contributed by atoms with E-state index < -0.39 is 31.1 Å². The van der Waals surface area contributed by atoms with E-state index in [4.69, 9.17) is 15.2 Å². The predicted molar refractivity (Wildman–Crippen MR) is 138 cm³/mol. The van der Waals surface area contributed by atoms with Gasteiger partial charge in [0, 0.05) is 12.1 Å². The summed E-state index contributed by atoms with van der Waals surface area (Å²) in [6, 6.07) is 16.0. The molecule has 1 aliphatic rings. The Morgan fingerprint density at radius 2 is 1.84 bits per heavy atom. The molecule has 0 spiro atoms. The number of imidazole rings is 1. The third-order valence-electron chi connectivity index (χ3n) is 6.24. The summed E-state index contributed by atoms with van der Waals surface area (Å²) >= 11 is 0. The van der Waals surface area contributed by atoms with Crippen molar-refractivity contribution in [3.63, 3.8) is 0 Å². The summed E-state index contributed by atoms with van der Waals surface area (Å²) in [6.45, 7) is 3.95. The molecule has 0 unspecified atom stereocenters. The first-order chi connectivity index (χ1) is 17.9. The smallest absolute Gasteiger partial charge is 0.207 e. The third kappa shape index (κ3) is 4.81. The van der Waals surface area contributed by atoms with Crippen LogP contribution in [-0.2, 0) is 11.3 Å². The third-order valence-corrected chi connectivity index (χ3v) is 6.24. The quantitative estimate of drug-likeness (QED) is 0.239. The number of fused-ring (bicyclic) bond motifs is 1. The van der Waals surface area contributed by atoms with Crippen LogP contribution in [0.5, 0.6) is 5.75 Å². The zero-order valence-electron chi connectivity index (χ0n) is 20.5. The summed E-state index contributed by atoms with van der Waals surface area (Å²) in [4.78, 5) is 12.8. The van der Waals surface area contributed by atoms with E-state index in [0.717, 1.165) is 22.4 Å². The van der Waals surface area contributed by atoms with Gasteiger partial charge in [0.25, 0.3) is 0 Å². The number of aliphatic hydroxyl groups excluding tert-OH is 3. The minimum atomic E-state index is -1.31. The van der Waals surface area contributed by atoms with Gasteiger partial charge < -0.3 is 35.8 Å². The molecule has 1 fully saturated rings. The molecule has 2 aromatic carbocycles. The van der Waals surface area contributed by atoms with Gasteiger partial charge in [0.15, 0.2) is 23.2 Å². The molecule has 0 saturated carbocycles. The molecule has 1 aliphatic heterocycles. The molecule has 0 radical (unpaired) electrons. The Balaban J connectivity index is 1.41. The van der Waals surface area contributed by atoms with Crippen molar-refractivity contribution in [3.05, 3.63) is 60.4 Å². The number of aromatic nitrogens is 4. The number of nitrogens with two attached hydrogens (primary N) is 1. The number of hydrogen-bond acceptors (Lipinski definition) is 10. The second-order valence-corrected chi connectivity index (χ2v) is 9.18. The molecule has 11 heteroatoms. The van der Waals surface area contributed by atoms with Gasteiger partial charge >= 0.3 is 0 Å². The van der Waals surface area contributed by atoms with Crippen LogP contribution in [0.25, 0.3) is 22.3 Å². The predicted octanol–water partition coefficient (Wildman–Crippen LogP) is 2.09. The van der Waals surface area contributed by atoms with Crippen molar-refractivity contribution >= 4 is 22.9 Å². The van der Waals surface area contributed by atoms with Gasteiger partial charge in [-0.25, -0.2) is 15.0 Å². The molecule has 1 saturated heterocycles. The second kappa shape index (κ2) is 10.3. The van der Waals surface area contributed by atoms with E-state index in [-0.39, 0.29) is 11.9 Å². The summed E-state index contributed by atoms with van der Waals surface area (Å²) in [6.07, 6.45) is -3.19. The van der Waals surface area contributed by atoms with Gasteiger partial charge in [0.1, 0.15) is 30.4 Å². The minimum Gasteiger partial charge on any atom is -0.490 e. The Morgan fingerprint density at radius 3 is 2.54 bits per heavy atom. The molecule has 0 aliphatic carbocycles. The van der Waals surface area contributed by atoms with Crippen molar-refractivity contribution in [3.8, 4) is 16.9 Å². The van der Waals surface area contributed by atoms with Gasteiger partial charge in [-0.1, -0.05) is 42.5 Å². The maximum Gasteiger partial charge on any atom is 0.207 e. The van der Waals surface area contributed by atoms with Crippen LogP contribution in [-0.4, -0.2) is 65.9 Å². The lowest BCUT2D eigenvalue weighted by Crippen LogP contribution is -2.33. The van der Waals surface area contributed by atoms with Crippen molar-refractivity contribution in [1.29, 1.82) is 0 Å². The number of aliphatic hydroxyl groups is 3. The van der Waals surface area contributed by atoms with Crippen molar-refractivity contribution < 1.29 is 24.8 Å². The standard InChI is InChI=1S/C26H30N6O5/c1-14(2)36-18-6-4-3-5-17(18)16-9-7-15(8-10-16)11-28-26-31-20-23(27)29-13-30-24(20)32(26)25-22(35)21(34)19(12-33)37-25/h3-10,13-14,19,21-22,25,33-35H,11-12H2,1-2H3,(H,28,31)(H2,27,29,30)/t19-,21-,22-,25-/m1/s1. The Hall–Kier alpha value is -3.77. The van der Waals surface area contributed by atoms with E-state index in [2.05, 4.69) is 20.3 Å². The highest BCUT2D eigenvalue weighted by Crippen LogP contribution is 2.35. The number of anilines is 2. The molecule has 3 heterocycles. The highest BCUT2D eigenvalue weighted by atomic mass is 16.6. The lowest BCUT2D eigenvalue weighted by molar-refractivity contribution is -0.0501. The molecule has 11 nitrogen and oxygen atoms in total. The van der Waals surface area contributed by atoms with Crippen LogP contribution in [0, 0.1) is 0 Å². The first-order valence-electron chi connectivity index (χ1n) is 12.1. The molecule has 0 bridgehead atoms. The Morgan fingerprint density at radius 1 is 1.08 bits per heavy atom. The molecule has 0 amide bonds. The van der Waals surface area contributed by atoms with Gasteiger partial charge in [-0.2, -0.15) is 0 Å². The van der Waals surface area contributed by atoms with Crippen molar-refractivity contribution in [1.82, 2.24) is 19.5 Å². The lowest BCUT2D eigenvalue weighted by Gasteiger charge is -2.19. The summed E-state index contributed by atoms with van der Waals surface area (Å²) < 4.78 is 13.2. The SMILES string of the molecule is CC(C)Oc1ccccc1-c1ccc(CNc2nc3c(N)ncnc3n2[C@@H]2O[C@H](CO)[C@@H](O)[C@H]2O)cc1. The molecule has 2 aromatic heterocycles. The van der Waals surface area contributed by atoms with Crippen LogP contribution >= 0.6 is 0 Å². The zero-order valence-corrected chi connectivity index (χ0v) is 20.5. The van der Waals surface area contributed by atoms with E-state index in [9.17, 15) is 15.3 Å². The normalized spacial score (nSPS) is 21.6. The molecule has 194 valence electrons. The molecular formula is C26H30N6O5. The second-order valence-electron chi connectivity index (χ2n) is 9.18. The highest BCUT2D eigenvalue weighted by molar-refractivity contribution is 5.84. The number of nitrogen functional groups attached to an aromatic ring is 1. The summed E-state index contributed by atoms with van der Waals surface area (Å²) in [7, 11) is 0. The van der Waals surface area contributed by atoms with Crippen LogP contribution in [0.1, 0.15) is 25.6 Å². The molecule has 4 atom stereocenters. The van der Waals surface area contributed by atoms with Gasteiger partial charge in [-0.05, 0) is 31.0 Å². The average Bonchev–Trinajstić information content (AvgIpc) is 3.40. The highest BCUT2D eigenvalue weighted by Gasteiger charge is 2.45. The number of benzene rings is 2. The number of rotatable bonds is 8. The van der Waals surface area contributed by atoms with E-state index in [0.29, 0.717) is 23.7 Å². The van der Waals surface area contributed by atoms with Crippen LogP contribution in [0.2, 0.25) is 0 Å². The first-order valence-corrected chi connectivity index (χ1v) is 12.1. The fraction of sp³-hybridized carbons (Fsp3) is 0.346. The fourth-order valence-corrected chi connectivity index (χ4v) is 4.43. The molecular weight excluding hydrogens is 476 g/mol. The van der Waals surface area contributed by atoms with Gasteiger partial charge in [0.05, 0.1) is 12.7 Å². The number of nitrogens with zero attached hydrogens (tertiary/aromatic N) is 4. The number of nitrogens with one attached hydrogen (secondary N) is 1. The Kier molecular flexibility index (Phi) is 6.94. The fourth-order valence-electron chi connectivity index (χ4n) is 4.43. The Bertz CT molecular complexity index is 1380. The van der Waals surface area contributed by atoms with E-state index >= 15 is 0 Å². The summed E-state index contributed by atoms with van der Waals surface area (Å²) in [5.41, 5.74) is 9.70. The van der Waals surface area contributed by atoms with Crippen molar-refractivity contribution in [2.45, 2.75) is 51.0 Å². The topological polar surface area (TPSA) is 161 Å². The summed E-state index contributed by atoms with van der Waals surface area (Å²) in [5.74, 6) is 1.33. The average molecular weight is 507 g/mol. The van der Waals surface area contributed by atoms with Crippen LogP contribution in [0.4, 0.5) is 11.8 Å². The number of ether oxygens (including phenoxy) is 2. The number of para-hydroxylation sites is 1. The summed E-state index contributed by atoms with van der Waals surface area (Å²) in [5, 5.41) is 33.7. The van der Waals surface area contributed by atoms with E-state index in [1.165, 1.54) is 10.9 Å². The van der Waals surface area contributed by atoms with Crippen LogP contribution in [0.3, 0.4) is 0 Å². The van der Waals surface area contributed by atoms with Crippen molar-refractivity contribution in [2.75, 3.05) is 17.7 Å². The van der Waals surface area contributed by atoms with Crippen LogP contribution < -0.4 is 15.8 Å². The largest absolute Gasteiger partial charge is 0.490 e. The Labute approximate surface area is 213 Å². The van der Waals surface area contributed by atoms with Crippen LogP contribution in [0.15, 0.2) is 54.9 Å². The van der Waals surface area contributed by atoms with Gasteiger partial charge in [-0.15, -0.1) is 0 Å². The van der Waals surface area contributed by atoms with Crippen molar-refractivity contribution in [2.24, 2.45) is 0 Å². The monoisotopic (exact) mass is 506 g/mol. The van der Waals surface area contributed by atoms with E-state index in [1.54, 1.807) is 0 Å². The van der Waals surface area contributed by atoms with Gasteiger partial charge in [0.2, 0.25) is 5.95 Å². The maximum atomic E-state index is 10.6. The first kappa shape index (κ1) is 24.9. The minimum absolute atomic E-state index is 0.0683. The maximum absolute atomic E-state index is 10.6. The lowest BCUT2D eigenvalue weighted by atomic mass is 10.0. The molecule has 37 heavy (non-hydrogen) atoms. The van der Waals surface area contributed by atoms with Gasteiger partial charge in [-0.3, -0.25) is 4.57 Å². The molecule has 6 N–H and O–H groups in total. The van der Waals surface area contributed by atoms with E-state index in [1.807, 2.05) is 62.4 Å². The molecule has 5 rings (SSSR count). The molecule has 4 aromatic rings.